The number of aryl methyl sites for hydroxylation is 1. The molecule has 0 amide bonds. The molecule has 1 unspecified atom stereocenters. The van der Waals surface area contributed by atoms with Crippen LogP contribution in [0.15, 0.2) is 54.7 Å². The fraction of sp³-hybridized carbons (Fsp3) is 0.393. The summed E-state index contributed by atoms with van der Waals surface area (Å²) in [4.78, 5) is 9.64. The zero-order valence-electron chi connectivity index (χ0n) is 20.9. The Balaban J connectivity index is 1.44. The van der Waals surface area contributed by atoms with Crippen molar-refractivity contribution in [1.82, 2.24) is 14.8 Å². The maximum atomic E-state index is 5.52. The molecule has 1 aliphatic rings. The lowest BCUT2D eigenvalue weighted by Gasteiger charge is -2.25. The van der Waals surface area contributed by atoms with Crippen molar-refractivity contribution >= 4 is 0 Å². The molecule has 0 radical (unpaired) electrons. The largest absolute Gasteiger partial charge is 0.493 e. The predicted molar refractivity (Wildman–Crippen MR) is 136 cm³/mol. The molecule has 2 heterocycles. The Kier molecular flexibility index (Phi) is 7.70. The molecule has 1 atom stereocenters. The van der Waals surface area contributed by atoms with Gasteiger partial charge in [-0.15, -0.1) is 0 Å². The second-order valence-corrected chi connectivity index (χ2v) is 8.98. The summed E-state index contributed by atoms with van der Waals surface area (Å²) in [5, 5.41) is 0. The first kappa shape index (κ1) is 24.0. The Bertz CT molecular complexity index is 1090. The summed E-state index contributed by atoms with van der Waals surface area (Å²) in [6, 6.07) is 17.4. The van der Waals surface area contributed by atoms with E-state index in [4.69, 9.17) is 14.2 Å². The van der Waals surface area contributed by atoms with E-state index in [0.717, 1.165) is 37.4 Å². The van der Waals surface area contributed by atoms with Gasteiger partial charge in [0.15, 0.2) is 11.5 Å². The van der Waals surface area contributed by atoms with Crippen LogP contribution in [0.1, 0.15) is 23.1 Å². The lowest BCUT2D eigenvalue weighted by Crippen LogP contribution is -2.34. The summed E-state index contributed by atoms with van der Waals surface area (Å²) >= 11 is 0. The number of methoxy groups -OCH3 is 3. The van der Waals surface area contributed by atoms with Crippen LogP contribution in [0.3, 0.4) is 0 Å². The maximum absolute atomic E-state index is 5.52. The highest BCUT2D eigenvalue weighted by molar-refractivity contribution is 5.69. The van der Waals surface area contributed by atoms with Crippen LogP contribution < -0.4 is 14.2 Å². The quantitative estimate of drug-likeness (QED) is 0.457. The van der Waals surface area contributed by atoms with Gasteiger partial charge in [0, 0.05) is 44.0 Å². The molecular formula is C28H35N3O3. The summed E-state index contributed by atoms with van der Waals surface area (Å²) in [5.41, 5.74) is 5.85. The molecule has 3 aromatic rings. The molecule has 0 N–H and O–H groups in total. The summed E-state index contributed by atoms with van der Waals surface area (Å²) in [6.45, 7) is 6.27. The minimum Gasteiger partial charge on any atom is -0.493 e. The van der Waals surface area contributed by atoms with Crippen LogP contribution in [-0.2, 0) is 13.1 Å². The average molecular weight is 462 g/mol. The molecule has 180 valence electrons. The number of hydrogen-bond acceptors (Lipinski definition) is 6. The first-order valence-corrected chi connectivity index (χ1v) is 11.7. The van der Waals surface area contributed by atoms with Gasteiger partial charge in [0.05, 0.1) is 27.0 Å². The van der Waals surface area contributed by atoms with Crippen LogP contribution >= 0.6 is 0 Å². The van der Waals surface area contributed by atoms with E-state index in [-0.39, 0.29) is 0 Å². The van der Waals surface area contributed by atoms with Crippen LogP contribution in [0.4, 0.5) is 0 Å². The molecular weight excluding hydrogens is 426 g/mol. The highest BCUT2D eigenvalue weighted by Gasteiger charge is 2.26. The van der Waals surface area contributed by atoms with E-state index in [2.05, 4.69) is 65.2 Å². The third-order valence-corrected chi connectivity index (χ3v) is 6.74. The van der Waals surface area contributed by atoms with Gasteiger partial charge in [0.1, 0.15) is 0 Å². The molecule has 0 spiro atoms. The van der Waals surface area contributed by atoms with Crippen LogP contribution in [0.2, 0.25) is 0 Å². The Hall–Kier alpha value is -3.09. The monoisotopic (exact) mass is 461 g/mol. The number of ether oxygens (including phenoxy) is 3. The molecule has 6 heteroatoms. The summed E-state index contributed by atoms with van der Waals surface area (Å²) in [5.74, 6) is 1.84. The molecule has 34 heavy (non-hydrogen) atoms. The van der Waals surface area contributed by atoms with E-state index in [1.807, 2.05) is 18.3 Å². The van der Waals surface area contributed by atoms with Crippen LogP contribution in [0.25, 0.3) is 11.3 Å². The number of rotatable bonds is 9. The van der Waals surface area contributed by atoms with Gasteiger partial charge < -0.3 is 14.2 Å². The van der Waals surface area contributed by atoms with Gasteiger partial charge in [-0.3, -0.25) is 14.8 Å². The maximum Gasteiger partial charge on any atom is 0.203 e. The van der Waals surface area contributed by atoms with Crippen molar-refractivity contribution in [1.29, 1.82) is 0 Å². The highest BCUT2D eigenvalue weighted by Crippen LogP contribution is 2.40. The SMILES string of the molecule is COc1cc(-c2cc(CN3CCC(N(C)Cc4ccccc4C)C3)ccn2)cc(OC)c1OC. The molecule has 2 aromatic carbocycles. The van der Waals surface area contributed by atoms with E-state index in [1.165, 1.54) is 23.1 Å². The van der Waals surface area contributed by atoms with Gasteiger partial charge >= 0.3 is 0 Å². The van der Waals surface area contributed by atoms with Gasteiger partial charge in [-0.1, -0.05) is 24.3 Å². The predicted octanol–water partition coefficient (Wildman–Crippen LogP) is 4.79. The van der Waals surface area contributed by atoms with Gasteiger partial charge in [0.2, 0.25) is 5.75 Å². The van der Waals surface area contributed by atoms with Crippen molar-refractivity contribution in [2.45, 2.75) is 32.5 Å². The fourth-order valence-electron chi connectivity index (χ4n) is 4.72. The lowest BCUT2D eigenvalue weighted by molar-refractivity contribution is 0.222. The molecule has 0 saturated carbocycles. The topological polar surface area (TPSA) is 47.1 Å². The molecule has 6 nitrogen and oxygen atoms in total. The number of pyridine rings is 1. The Labute approximate surface area is 203 Å². The number of likely N-dealkylation sites (N-methyl/N-ethyl adjacent to an activating group) is 1. The molecule has 1 fully saturated rings. The normalized spacial score (nSPS) is 16.1. The minimum absolute atomic E-state index is 0.566. The van der Waals surface area contributed by atoms with Crippen LogP contribution in [0, 0.1) is 6.92 Å². The number of aromatic nitrogens is 1. The smallest absolute Gasteiger partial charge is 0.203 e. The van der Waals surface area contributed by atoms with Crippen molar-refractivity contribution in [2.75, 3.05) is 41.5 Å². The Morgan fingerprint density at radius 2 is 1.74 bits per heavy atom. The second kappa shape index (κ2) is 10.9. The Morgan fingerprint density at radius 3 is 2.41 bits per heavy atom. The first-order chi connectivity index (χ1) is 16.5. The third kappa shape index (κ3) is 5.34. The van der Waals surface area contributed by atoms with Gasteiger partial charge in [0.25, 0.3) is 0 Å². The zero-order chi connectivity index (χ0) is 24.1. The molecule has 1 saturated heterocycles. The van der Waals surface area contributed by atoms with Crippen LogP contribution in [-0.4, -0.2) is 62.3 Å². The van der Waals surface area contributed by atoms with Gasteiger partial charge in [-0.2, -0.15) is 0 Å². The van der Waals surface area contributed by atoms with E-state index in [9.17, 15) is 0 Å². The second-order valence-electron chi connectivity index (χ2n) is 8.98. The lowest BCUT2D eigenvalue weighted by atomic mass is 10.1. The molecule has 4 rings (SSSR count). The first-order valence-electron chi connectivity index (χ1n) is 11.7. The summed E-state index contributed by atoms with van der Waals surface area (Å²) in [7, 11) is 7.12. The molecule has 0 bridgehead atoms. The van der Waals surface area contributed by atoms with Crippen molar-refractivity contribution in [3.63, 3.8) is 0 Å². The molecule has 0 aliphatic carbocycles. The fourth-order valence-corrected chi connectivity index (χ4v) is 4.72. The van der Waals surface area contributed by atoms with Crippen molar-refractivity contribution in [3.05, 3.63) is 71.4 Å². The highest BCUT2D eigenvalue weighted by atomic mass is 16.5. The number of nitrogens with zero attached hydrogens (tertiary/aromatic N) is 3. The van der Waals surface area contributed by atoms with E-state index in [1.54, 1.807) is 21.3 Å². The molecule has 1 aromatic heterocycles. The van der Waals surface area contributed by atoms with E-state index in [0.29, 0.717) is 23.3 Å². The number of benzene rings is 2. The minimum atomic E-state index is 0.566. The zero-order valence-corrected chi connectivity index (χ0v) is 20.9. The number of hydrogen-bond donors (Lipinski definition) is 0. The van der Waals surface area contributed by atoms with Crippen molar-refractivity contribution in [3.8, 4) is 28.5 Å². The molecule has 1 aliphatic heterocycles. The summed E-state index contributed by atoms with van der Waals surface area (Å²) < 4.78 is 16.5. The van der Waals surface area contributed by atoms with Crippen molar-refractivity contribution in [2.24, 2.45) is 0 Å². The standard InChI is InChI=1S/C28H35N3O3/c1-20-8-6-7-9-22(20)18-30(2)24-11-13-31(19-24)17-21-10-12-29-25(14-21)23-15-26(32-3)28(34-5)27(16-23)33-4/h6-10,12,14-16,24H,11,13,17-19H2,1-5H3. The van der Waals surface area contributed by atoms with E-state index >= 15 is 0 Å². The number of likely N-dealkylation sites (tertiary alicyclic amines) is 1. The van der Waals surface area contributed by atoms with Gasteiger partial charge in [-0.25, -0.2) is 0 Å². The van der Waals surface area contributed by atoms with Crippen LogP contribution in [0.5, 0.6) is 17.2 Å². The average Bonchev–Trinajstić information content (AvgIpc) is 3.33. The van der Waals surface area contributed by atoms with E-state index < -0.39 is 0 Å². The van der Waals surface area contributed by atoms with Gasteiger partial charge in [-0.05, 0) is 61.3 Å². The third-order valence-electron chi connectivity index (χ3n) is 6.74. The summed E-state index contributed by atoms with van der Waals surface area (Å²) in [6.07, 6.45) is 3.07. The Morgan fingerprint density at radius 1 is 1.00 bits per heavy atom. The van der Waals surface area contributed by atoms with Crippen molar-refractivity contribution < 1.29 is 14.2 Å².